The zero-order chi connectivity index (χ0) is 15.3. The highest BCUT2D eigenvalue weighted by atomic mass is 32.1. The second-order valence-corrected chi connectivity index (χ2v) is 5.19. The van der Waals surface area contributed by atoms with Crippen LogP contribution in [0.3, 0.4) is 0 Å². The number of thiol groups is 1. The van der Waals surface area contributed by atoms with E-state index in [0.29, 0.717) is 6.42 Å². The van der Waals surface area contributed by atoms with Crippen LogP contribution in [-0.4, -0.2) is 51.3 Å². The van der Waals surface area contributed by atoms with Gasteiger partial charge in [-0.2, -0.15) is 12.6 Å². The van der Waals surface area contributed by atoms with Gasteiger partial charge in [-0.05, 0) is 12.8 Å². The molecule has 9 heteroatoms. The SMILES string of the molecule is O=C(O)CCCC(=O)NC1(C(=O)NCC(=O)O)CC1S. The van der Waals surface area contributed by atoms with Crippen LogP contribution in [0.15, 0.2) is 0 Å². The van der Waals surface area contributed by atoms with Crippen molar-refractivity contribution in [3.8, 4) is 0 Å². The van der Waals surface area contributed by atoms with Crippen molar-refractivity contribution in [2.75, 3.05) is 6.54 Å². The number of aliphatic carboxylic acids is 2. The number of rotatable bonds is 8. The van der Waals surface area contributed by atoms with Gasteiger partial charge >= 0.3 is 11.9 Å². The third kappa shape index (κ3) is 4.41. The molecule has 2 atom stereocenters. The number of carboxylic acid groups (broad SMARTS) is 2. The molecule has 0 saturated heterocycles. The predicted molar refractivity (Wildman–Crippen MR) is 70.4 cm³/mol. The maximum atomic E-state index is 11.8. The molecule has 1 saturated carbocycles. The summed E-state index contributed by atoms with van der Waals surface area (Å²) in [6.45, 7) is -0.532. The van der Waals surface area contributed by atoms with Crippen molar-refractivity contribution in [3.05, 3.63) is 0 Å². The van der Waals surface area contributed by atoms with E-state index in [1.165, 1.54) is 0 Å². The molecule has 112 valence electrons. The summed E-state index contributed by atoms with van der Waals surface area (Å²) >= 11 is 4.12. The fourth-order valence-corrected chi connectivity index (χ4v) is 2.18. The van der Waals surface area contributed by atoms with E-state index < -0.39 is 35.8 Å². The van der Waals surface area contributed by atoms with Crippen LogP contribution in [0.2, 0.25) is 0 Å². The Kier molecular flexibility index (Phi) is 5.37. The first kappa shape index (κ1) is 16.3. The lowest BCUT2D eigenvalue weighted by atomic mass is 10.2. The highest BCUT2D eigenvalue weighted by molar-refractivity contribution is 7.81. The van der Waals surface area contributed by atoms with Gasteiger partial charge in [0.15, 0.2) is 0 Å². The van der Waals surface area contributed by atoms with Crippen LogP contribution in [0.25, 0.3) is 0 Å². The standard InChI is InChI=1S/C11H16N2O6S/c14-7(2-1-3-8(15)16)13-11(4-6(11)20)10(19)12-5-9(17)18/h6,20H,1-5H2,(H,12,19)(H,13,14)(H,15,16)(H,17,18). The Balaban J connectivity index is 2.45. The Morgan fingerprint density at radius 2 is 1.75 bits per heavy atom. The highest BCUT2D eigenvalue weighted by Gasteiger charge is 2.59. The van der Waals surface area contributed by atoms with Crippen LogP contribution < -0.4 is 10.6 Å². The minimum Gasteiger partial charge on any atom is -0.481 e. The van der Waals surface area contributed by atoms with Crippen molar-refractivity contribution >= 4 is 36.4 Å². The Bertz CT molecular complexity index is 441. The fourth-order valence-electron chi connectivity index (χ4n) is 1.71. The summed E-state index contributed by atoms with van der Waals surface area (Å²) < 4.78 is 0. The molecule has 2 amide bonds. The first-order valence-electron chi connectivity index (χ1n) is 5.99. The molecular weight excluding hydrogens is 288 g/mol. The number of carboxylic acids is 2. The molecular formula is C11H16N2O6S. The van der Waals surface area contributed by atoms with E-state index in [4.69, 9.17) is 10.2 Å². The molecule has 20 heavy (non-hydrogen) atoms. The number of nitrogens with one attached hydrogen (secondary N) is 2. The van der Waals surface area contributed by atoms with Crippen LogP contribution in [0, 0.1) is 0 Å². The second-order valence-electron chi connectivity index (χ2n) is 4.56. The van der Waals surface area contributed by atoms with Crippen LogP contribution in [-0.2, 0) is 19.2 Å². The van der Waals surface area contributed by atoms with Crippen molar-refractivity contribution in [3.63, 3.8) is 0 Å². The first-order chi connectivity index (χ1) is 9.28. The molecule has 0 radical (unpaired) electrons. The Labute approximate surface area is 120 Å². The quantitative estimate of drug-likeness (QED) is 0.365. The zero-order valence-corrected chi connectivity index (χ0v) is 11.5. The molecule has 4 N–H and O–H groups in total. The van der Waals surface area contributed by atoms with Crippen molar-refractivity contribution in [1.29, 1.82) is 0 Å². The largest absolute Gasteiger partial charge is 0.481 e. The topological polar surface area (TPSA) is 133 Å². The lowest BCUT2D eigenvalue weighted by Crippen LogP contribution is -2.51. The van der Waals surface area contributed by atoms with Gasteiger partial charge in [-0.25, -0.2) is 0 Å². The molecule has 1 aliphatic rings. The van der Waals surface area contributed by atoms with Gasteiger partial charge in [0.05, 0.1) is 0 Å². The van der Waals surface area contributed by atoms with E-state index >= 15 is 0 Å². The average molecular weight is 304 g/mol. The number of carbonyl (C=O) groups excluding carboxylic acids is 2. The molecule has 0 aromatic rings. The van der Waals surface area contributed by atoms with Crippen LogP contribution in [0.1, 0.15) is 25.7 Å². The third-order valence-corrected chi connectivity index (χ3v) is 3.51. The van der Waals surface area contributed by atoms with Crippen molar-refractivity contribution in [1.82, 2.24) is 10.6 Å². The maximum absolute atomic E-state index is 11.8. The summed E-state index contributed by atoms with van der Waals surface area (Å²) in [7, 11) is 0. The summed E-state index contributed by atoms with van der Waals surface area (Å²) in [6, 6.07) is 0. The number of amides is 2. The second kappa shape index (κ2) is 6.60. The summed E-state index contributed by atoms with van der Waals surface area (Å²) in [5.74, 6) is -3.22. The molecule has 2 unspecified atom stereocenters. The minimum absolute atomic E-state index is 0.0131. The van der Waals surface area contributed by atoms with Gasteiger partial charge in [0.2, 0.25) is 11.8 Å². The van der Waals surface area contributed by atoms with Gasteiger partial charge in [0, 0.05) is 18.1 Å². The Hall–Kier alpha value is -1.77. The fraction of sp³-hybridized carbons (Fsp3) is 0.636. The van der Waals surface area contributed by atoms with E-state index in [2.05, 4.69) is 23.3 Å². The molecule has 0 aliphatic heterocycles. The van der Waals surface area contributed by atoms with Crippen molar-refractivity contribution in [2.45, 2.75) is 36.5 Å². The lowest BCUT2D eigenvalue weighted by molar-refractivity contribution is -0.138. The van der Waals surface area contributed by atoms with Crippen LogP contribution >= 0.6 is 12.6 Å². The number of carbonyl (C=O) groups is 4. The smallest absolute Gasteiger partial charge is 0.322 e. The van der Waals surface area contributed by atoms with Gasteiger partial charge in [0.1, 0.15) is 12.1 Å². The van der Waals surface area contributed by atoms with E-state index in [-0.39, 0.29) is 24.5 Å². The lowest BCUT2D eigenvalue weighted by Gasteiger charge is -2.17. The summed E-state index contributed by atoms with van der Waals surface area (Å²) in [6.07, 6.45) is 0.341. The molecule has 0 heterocycles. The van der Waals surface area contributed by atoms with E-state index in [1.54, 1.807) is 0 Å². The average Bonchev–Trinajstić information content (AvgIpc) is 2.97. The normalized spacial score (nSPS) is 23.8. The summed E-state index contributed by atoms with van der Waals surface area (Å²) in [5, 5.41) is 21.3. The maximum Gasteiger partial charge on any atom is 0.322 e. The molecule has 8 nitrogen and oxygen atoms in total. The molecule has 0 aromatic heterocycles. The van der Waals surface area contributed by atoms with Gasteiger partial charge in [-0.1, -0.05) is 0 Å². The predicted octanol–water partition coefficient (Wildman–Crippen LogP) is -1.00. The Morgan fingerprint density at radius 3 is 2.20 bits per heavy atom. The molecule has 0 bridgehead atoms. The van der Waals surface area contributed by atoms with E-state index in [0.717, 1.165) is 0 Å². The summed E-state index contributed by atoms with van der Waals surface area (Å²) in [5.41, 5.74) is -1.18. The number of hydrogen-bond donors (Lipinski definition) is 5. The number of hydrogen-bond acceptors (Lipinski definition) is 5. The highest BCUT2D eigenvalue weighted by Crippen LogP contribution is 2.41. The van der Waals surface area contributed by atoms with Crippen molar-refractivity contribution in [2.24, 2.45) is 0 Å². The van der Waals surface area contributed by atoms with Gasteiger partial charge in [0.25, 0.3) is 0 Å². The Morgan fingerprint density at radius 1 is 1.15 bits per heavy atom. The molecule has 0 aromatic carbocycles. The van der Waals surface area contributed by atoms with Gasteiger partial charge in [-0.3, -0.25) is 19.2 Å². The molecule has 0 spiro atoms. The molecule has 1 fully saturated rings. The van der Waals surface area contributed by atoms with E-state index in [1.807, 2.05) is 0 Å². The molecule has 1 aliphatic carbocycles. The van der Waals surface area contributed by atoms with E-state index in [9.17, 15) is 19.2 Å². The van der Waals surface area contributed by atoms with Crippen LogP contribution in [0.5, 0.6) is 0 Å². The van der Waals surface area contributed by atoms with Crippen molar-refractivity contribution < 1.29 is 29.4 Å². The molecule has 1 rings (SSSR count). The summed E-state index contributed by atoms with van der Waals surface area (Å²) in [4.78, 5) is 44.2. The van der Waals surface area contributed by atoms with Gasteiger partial charge < -0.3 is 20.8 Å². The zero-order valence-electron chi connectivity index (χ0n) is 10.6. The first-order valence-corrected chi connectivity index (χ1v) is 6.50. The van der Waals surface area contributed by atoms with Crippen LogP contribution in [0.4, 0.5) is 0 Å². The minimum atomic E-state index is -1.18. The monoisotopic (exact) mass is 304 g/mol. The third-order valence-electron chi connectivity index (χ3n) is 2.89. The van der Waals surface area contributed by atoms with Gasteiger partial charge in [-0.15, -0.1) is 0 Å².